The van der Waals surface area contributed by atoms with Crippen molar-refractivity contribution in [2.75, 3.05) is 0 Å². The number of nitrogens with two attached hydrogens (primary N) is 1. The highest BCUT2D eigenvalue weighted by molar-refractivity contribution is 5.89. The van der Waals surface area contributed by atoms with Gasteiger partial charge in [-0.15, -0.1) is 0 Å². The van der Waals surface area contributed by atoms with Crippen LogP contribution in [0.4, 0.5) is 0 Å². The highest BCUT2D eigenvalue weighted by atomic mass is 16.2. The molecule has 0 saturated heterocycles. The van der Waals surface area contributed by atoms with E-state index in [-0.39, 0.29) is 11.9 Å². The molecule has 84 valence electrons. The van der Waals surface area contributed by atoms with Gasteiger partial charge in [-0.1, -0.05) is 24.3 Å². The van der Waals surface area contributed by atoms with Crippen molar-refractivity contribution >= 4 is 5.91 Å². The number of aryl methyl sites for hydroxylation is 1. The van der Waals surface area contributed by atoms with Crippen LogP contribution < -0.4 is 11.1 Å². The van der Waals surface area contributed by atoms with Crippen molar-refractivity contribution in [2.45, 2.75) is 37.3 Å². The number of amides is 1. The Hall–Kier alpha value is -1.35. The third kappa shape index (κ3) is 1.52. The summed E-state index contributed by atoms with van der Waals surface area (Å²) in [5, 5.41) is 3.07. The number of nitrogens with one attached hydrogen (secondary N) is 1. The van der Waals surface area contributed by atoms with Gasteiger partial charge in [0.2, 0.25) is 5.91 Å². The molecule has 3 heteroatoms. The van der Waals surface area contributed by atoms with Gasteiger partial charge < -0.3 is 11.1 Å². The Kier molecular flexibility index (Phi) is 2.04. The highest BCUT2D eigenvalue weighted by Gasteiger charge is 2.46. The van der Waals surface area contributed by atoms with Gasteiger partial charge in [-0.05, 0) is 36.8 Å². The van der Waals surface area contributed by atoms with Gasteiger partial charge in [0.15, 0.2) is 0 Å². The van der Waals surface area contributed by atoms with E-state index < -0.39 is 5.54 Å². The van der Waals surface area contributed by atoms with E-state index in [1.807, 2.05) is 12.1 Å². The maximum Gasteiger partial charge on any atom is 0.240 e. The van der Waals surface area contributed by atoms with Crippen molar-refractivity contribution in [1.82, 2.24) is 5.32 Å². The minimum absolute atomic E-state index is 0.0224. The zero-order chi connectivity index (χ0) is 11.2. The van der Waals surface area contributed by atoms with Crippen molar-refractivity contribution < 1.29 is 4.79 Å². The van der Waals surface area contributed by atoms with E-state index in [4.69, 9.17) is 5.73 Å². The number of hydrogen-bond acceptors (Lipinski definition) is 2. The standard InChI is InChI=1S/C13H16N2O/c14-13(7-8-13)12(16)15-11-6-5-9-3-1-2-4-10(9)11/h1-4,11H,5-8,14H2,(H,15,16). The number of carbonyl (C=O) groups is 1. The first-order valence-electron chi connectivity index (χ1n) is 5.87. The van der Waals surface area contributed by atoms with Crippen LogP contribution in [0, 0.1) is 0 Å². The first-order valence-corrected chi connectivity index (χ1v) is 5.87. The molecule has 1 aromatic rings. The van der Waals surface area contributed by atoms with Gasteiger partial charge in [0.1, 0.15) is 0 Å². The third-order valence-corrected chi connectivity index (χ3v) is 3.68. The molecule has 3 nitrogen and oxygen atoms in total. The summed E-state index contributed by atoms with van der Waals surface area (Å²) in [5.74, 6) is 0.0224. The molecular formula is C13H16N2O. The summed E-state index contributed by atoms with van der Waals surface area (Å²) in [5.41, 5.74) is 7.94. The van der Waals surface area contributed by atoms with E-state index in [0.29, 0.717) is 0 Å². The van der Waals surface area contributed by atoms with E-state index >= 15 is 0 Å². The van der Waals surface area contributed by atoms with Gasteiger partial charge in [0.05, 0.1) is 11.6 Å². The molecule has 0 radical (unpaired) electrons. The van der Waals surface area contributed by atoms with Crippen LogP contribution in [-0.2, 0) is 11.2 Å². The molecule has 1 atom stereocenters. The van der Waals surface area contributed by atoms with Gasteiger partial charge in [0.25, 0.3) is 0 Å². The minimum Gasteiger partial charge on any atom is -0.348 e. The van der Waals surface area contributed by atoms with Crippen LogP contribution in [0.5, 0.6) is 0 Å². The van der Waals surface area contributed by atoms with Crippen LogP contribution in [0.3, 0.4) is 0 Å². The molecule has 0 aliphatic heterocycles. The van der Waals surface area contributed by atoms with Gasteiger partial charge in [-0.2, -0.15) is 0 Å². The van der Waals surface area contributed by atoms with Gasteiger partial charge >= 0.3 is 0 Å². The predicted molar refractivity (Wildman–Crippen MR) is 61.8 cm³/mol. The molecule has 1 aromatic carbocycles. The van der Waals surface area contributed by atoms with Crippen LogP contribution in [0.2, 0.25) is 0 Å². The number of fused-ring (bicyclic) bond motifs is 1. The molecule has 0 heterocycles. The summed E-state index contributed by atoms with van der Waals surface area (Å²) in [6.07, 6.45) is 3.71. The van der Waals surface area contributed by atoms with Crippen molar-refractivity contribution in [3.05, 3.63) is 35.4 Å². The molecule has 1 amide bonds. The molecule has 0 bridgehead atoms. The lowest BCUT2D eigenvalue weighted by atomic mass is 10.1. The fourth-order valence-electron chi connectivity index (χ4n) is 2.37. The number of carbonyl (C=O) groups excluding carboxylic acids is 1. The molecule has 2 aliphatic rings. The lowest BCUT2D eigenvalue weighted by Crippen LogP contribution is -2.43. The summed E-state index contributed by atoms with van der Waals surface area (Å²) in [7, 11) is 0. The zero-order valence-corrected chi connectivity index (χ0v) is 9.20. The maximum absolute atomic E-state index is 11.9. The Morgan fingerprint density at radius 1 is 1.38 bits per heavy atom. The largest absolute Gasteiger partial charge is 0.348 e. The molecule has 1 saturated carbocycles. The SMILES string of the molecule is NC1(C(=O)NC2CCc3ccccc32)CC1. The monoisotopic (exact) mass is 216 g/mol. The highest BCUT2D eigenvalue weighted by Crippen LogP contribution is 2.35. The number of benzene rings is 1. The second-order valence-electron chi connectivity index (χ2n) is 4.92. The maximum atomic E-state index is 11.9. The first-order chi connectivity index (χ1) is 7.69. The van der Waals surface area contributed by atoms with E-state index in [9.17, 15) is 4.79 Å². The molecule has 3 N–H and O–H groups in total. The number of rotatable bonds is 2. The molecular weight excluding hydrogens is 200 g/mol. The van der Waals surface area contributed by atoms with Crippen molar-refractivity contribution in [2.24, 2.45) is 5.73 Å². The van der Waals surface area contributed by atoms with Crippen LogP contribution >= 0.6 is 0 Å². The second-order valence-corrected chi connectivity index (χ2v) is 4.92. The van der Waals surface area contributed by atoms with Crippen molar-refractivity contribution in [3.8, 4) is 0 Å². The lowest BCUT2D eigenvalue weighted by Gasteiger charge is -2.17. The molecule has 0 aromatic heterocycles. The second kappa shape index (κ2) is 3.32. The average Bonchev–Trinajstić information content (AvgIpc) is 2.92. The Bertz CT molecular complexity index is 437. The zero-order valence-electron chi connectivity index (χ0n) is 9.20. The van der Waals surface area contributed by atoms with E-state index in [0.717, 1.165) is 25.7 Å². The van der Waals surface area contributed by atoms with E-state index in [2.05, 4.69) is 17.4 Å². The smallest absolute Gasteiger partial charge is 0.240 e. The van der Waals surface area contributed by atoms with E-state index in [1.165, 1.54) is 11.1 Å². The normalized spacial score (nSPS) is 24.9. The Morgan fingerprint density at radius 3 is 2.88 bits per heavy atom. The summed E-state index contributed by atoms with van der Waals surface area (Å²) in [4.78, 5) is 11.9. The number of hydrogen-bond donors (Lipinski definition) is 2. The summed E-state index contributed by atoms with van der Waals surface area (Å²) in [6, 6.07) is 8.48. The van der Waals surface area contributed by atoms with Gasteiger partial charge in [0, 0.05) is 0 Å². The quantitative estimate of drug-likeness (QED) is 0.782. The van der Waals surface area contributed by atoms with Crippen molar-refractivity contribution in [3.63, 3.8) is 0 Å². The Morgan fingerprint density at radius 2 is 2.12 bits per heavy atom. The lowest BCUT2D eigenvalue weighted by molar-refractivity contribution is -0.124. The topological polar surface area (TPSA) is 55.1 Å². The summed E-state index contributed by atoms with van der Waals surface area (Å²) in [6.45, 7) is 0. The molecule has 1 fully saturated rings. The Labute approximate surface area is 95.0 Å². The third-order valence-electron chi connectivity index (χ3n) is 3.68. The molecule has 2 aliphatic carbocycles. The molecule has 0 spiro atoms. The van der Waals surface area contributed by atoms with Crippen LogP contribution in [0.1, 0.15) is 36.4 Å². The van der Waals surface area contributed by atoms with Gasteiger partial charge in [-0.25, -0.2) is 0 Å². The fraction of sp³-hybridized carbons (Fsp3) is 0.462. The summed E-state index contributed by atoms with van der Waals surface area (Å²) < 4.78 is 0. The first kappa shape index (κ1) is 9.85. The molecule has 1 unspecified atom stereocenters. The fourth-order valence-corrected chi connectivity index (χ4v) is 2.37. The van der Waals surface area contributed by atoms with E-state index in [1.54, 1.807) is 0 Å². The molecule has 3 rings (SSSR count). The van der Waals surface area contributed by atoms with Crippen LogP contribution in [0.25, 0.3) is 0 Å². The van der Waals surface area contributed by atoms with Gasteiger partial charge in [-0.3, -0.25) is 4.79 Å². The Balaban J connectivity index is 1.76. The molecule has 16 heavy (non-hydrogen) atoms. The van der Waals surface area contributed by atoms with Crippen LogP contribution in [-0.4, -0.2) is 11.4 Å². The summed E-state index contributed by atoms with van der Waals surface area (Å²) >= 11 is 0. The average molecular weight is 216 g/mol. The predicted octanol–water partition coefficient (Wildman–Crippen LogP) is 1.28. The van der Waals surface area contributed by atoms with Crippen molar-refractivity contribution in [1.29, 1.82) is 0 Å². The minimum atomic E-state index is -0.558. The van der Waals surface area contributed by atoms with Crippen LogP contribution in [0.15, 0.2) is 24.3 Å².